The molecule has 5 nitrogen and oxygen atoms in total. The molecule has 1 aliphatic heterocycles. The number of pyridine rings is 1. The van der Waals surface area contributed by atoms with Gasteiger partial charge in [0.05, 0.1) is 30.5 Å². The average molecular weight is 221 g/mol. The van der Waals surface area contributed by atoms with E-state index in [1.807, 2.05) is 6.92 Å². The van der Waals surface area contributed by atoms with Crippen LogP contribution in [0.1, 0.15) is 6.92 Å². The lowest BCUT2D eigenvalue weighted by Crippen LogP contribution is -2.47. The Morgan fingerprint density at radius 1 is 1.75 bits per heavy atom. The molecule has 16 heavy (non-hydrogen) atoms. The standard InChI is InChI=1S/C11H15N3O2/c1-11(7-16-6-9(11)12)10(15)14-8-3-2-4-13-5-8/h2-5,9H,6-7,12H2,1H3,(H,14,15). The van der Waals surface area contributed by atoms with E-state index >= 15 is 0 Å². The van der Waals surface area contributed by atoms with Gasteiger partial charge in [0.15, 0.2) is 0 Å². The molecular formula is C11H15N3O2. The number of nitrogens with one attached hydrogen (secondary N) is 1. The first-order valence-electron chi connectivity index (χ1n) is 5.18. The molecule has 1 fully saturated rings. The molecule has 1 aliphatic rings. The van der Waals surface area contributed by atoms with Crippen molar-refractivity contribution < 1.29 is 9.53 Å². The van der Waals surface area contributed by atoms with Gasteiger partial charge in [0.2, 0.25) is 5.91 Å². The number of nitrogens with zero attached hydrogens (tertiary/aromatic N) is 1. The number of hydrogen-bond donors (Lipinski definition) is 2. The van der Waals surface area contributed by atoms with Gasteiger partial charge in [-0.2, -0.15) is 0 Å². The van der Waals surface area contributed by atoms with Crippen molar-refractivity contribution in [3.8, 4) is 0 Å². The third-order valence-corrected chi connectivity index (χ3v) is 2.96. The first kappa shape index (κ1) is 11.0. The van der Waals surface area contributed by atoms with E-state index in [9.17, 15) is 4.79 Å². The van der Waals surface area contributed by atoms with Gasteiger partial charge in [-0.05, 0) is 19.1 Å². The van der Waals surface area contributed by atoms with Crippen LogP contribution in [0.5, 0.6) is 0 Å². The Kier molecular flexibility index (Phi) is 2.89. The fourth-order valence-electron chi connectivity index (χ4n) is 1.63. The lowest BCUT2D eigenvalue weighted by Gasteiger charge is -2.25. The van der Waals surface area contributed by atoms with Crippen LogP contribution in [-0.2, 0) is 9.53 Å². The van der Waals surface area contributed by atoms with E-state index in [0.29, 0.717) is 18.9 Å². The van der Waals surface area contributed by atoms with Crippen LogP contribution in [0.25, 0.3) is 0 Å². The predicted molar refractivity (Wildman–Crippen MR) is 59.8 cm³/mol. The van der Waals surface area contributed by atoms with E-state index < -0.39 is 5.41 Å². The number of carbonyl (C=O) groups excluding carboxylic acids is 1. The molecule has 2 atom stereocenters. The Morgan fingerprint density at radius 3 is 3.12 bits per heavy atom. The highest BCUT2D eigenvalue weighted by Crippen LogP contribution is 2.28. The van der Waals surface area contributed by atoms with Crippen LogP contribution in [0.2, 0.25) is 0 Å². The van der Waals surface area contributed by atoms with Crippen molar-refractivity contribution in [3.63, 3.8) is 0 Å². The Balaban J connectivity index is 2.09. The van der Waals surface area contributed by atoms with E-state index in [2.05, 4.69) is 10.3 Å². The van der Waals surface area contributed by atoms with Crippen molar-refractivity contribution in [1.29, 1.82) is 0 Å². The molecule has 2 unspecified atom stereocenters. The minimum Gasteiger partial charge on any atom is -0.379 e. The summed E-state index contributed by atoms with van der Waals surface area (Å²) in [5.74, 6) is -0.120. The molecule has 2 rings (SSSR count). The fourth-order valence-corrected chi connectivity index (χ4v) is 1.63. The largest absolute Gasteiger partial charge is 0.379 e. The molecule has 0 saturated carbocycles. The van der Waals surface area contributed by atoms with Gasteiger partial charge < -0.3 is 15.8 Å². The van der Waals surface area contributed by atoms with Crippen LogP contribution >= 0.6 is 0 Å². The summed E-state index contributed by atoms with van der Waals surface area (Å²) in [6, 6.07) is 3.29. The van der Waals surface area contributed by atoms with Crippen LogP contribution in [0.15, 0.2) is 24.5 Å². The molecule has 86 valence electrons. The Bertz CT molecular complexity index is 382. The summed E-state index contributed by atoms with van der Waals surface area (Å²) >= 11 is 0. The van der Waals surface area contributed by atoms with E-state index in [4.69, 9.17) is 10.5 Å². The first-order valence-corrected chi connectivity index (χ1v) is 5.18. The fraction of sp³-hybridized carbons (Fsp3) is 0.455. The van der Waals surface area contributed by atoms with Gasteiger partial charge in [0, 0.05) is 12.2 Å². The molecule has 1 saturated heterocycles. The van der Waals surface area contributed by atoms with Crippen molar-refractivity contribution in [2.24, 2.45) is 11.1 Å². The quantitative estimate of drug-likeness (QED) is 0.757. The van der Waals surface area contributed by atoms with Gasteiger partial charge in [-0.1, -0.05) is 0 Å². The second-order valence-electron chi connectivity index (χ2n) is 4.23. The summed E-state index contributed by atoms with van der Waals surface area (Å²) in [6.45, 7) is 2.60. The van der Waals surface area contributed by atoms with E-state index in [0.717, 1.165) is 0 Å². The number of carbonyl (C=O) groups is 1. The number of nitrogens with two attached hydrogens (primary N) is 1. The molecular weight excluding hydrogens is 206 g/mol. The van der Waals surface area contributed by atoms with Gasteiger partial charge in [-0.25, -0.2) is 0 Å². The zero-order valence-electron chi connectivity index (χ0n) is 9.14. The summed E-state index contributed by atoms with van der Waals surface area (Å²) < 4.78 is 5.23. The second-order valence-corrected chi connectivity index (χ2v) is 4.23. The van der Waals surface area contributed by atoms with Crippen molar-refractivity contribution in [1.82, 2.24) is 4.98 Å². The number of rotatable bonds is 2. The van der Waals surface area contributed by atoms with Crippen LogP contribution in [0.3, 0.4) is 0 Å². The van der Waals surface area contributed by atoms with E-state index in [1.165, 1.54) is 0 Å². The molecule has 1 aromatic rings. The zero-order chi connectivity index (χ0) is 11.6. The van der Waals surface area contributed by atoms with Crippen LogP contribution in [-0.4, -0.2) is 30.1 Å². The molecule has 1 aromatic heterocycles. The van der Waals surface area contributed by atoms with Crippen LogP contribution in [0.4, 0.5) is 5.69 Å². The summed E-state index contributed by atoms with van der Waals surface area (Å²) in [7, 11) is 0. The number of aromatic nitrogens is 1. The number of amides is 1. The topological polar surface area (TPSA) is 77.2 Å². The summed E-state index contributed by atoms with van der Waals surface area (Å²) in [4.78, 5) is 16.0. The predicted octanol–water partition coefficient (Wildman–Crippen LogP) is 0.384. The van der Waals surface area contributed by atoms with E-state index in [-0.39, 0.29) is 11.9 Å². The second kappa shape index (κ2) is 4.19. The Hall–Kier alpha value is -1.46. The first-order chi connectivity index (χ1) is 7.63. The monoisotopic (exact) mass is 221 g/mol. The van der Waals surface area contributed by atoms with Crippen molar-refractivity contribution in [2.45, 2.75) is 13.0 Å². The lowest BCUT2D eigenvalue weighted by molar-refractivity contribution is -0.125. The maximum atomic E-state index is 12.0. The van der Waals surface area contributed by atoms with Gasteiger partial charge in [-0.3, -0.25) is 9.78 Å². The van der Waals surface area contributed by atoms with Gasteiger partial charge in [-0.15, -0.1) is 0 Å². The third-order valence-electron chi connectivity index (χ3n) is 2.96. The van der Waals surface area contributed by atoms with E-state index in [1.54, 1.807) is 24.5 Å². The number of hydrogen-bond acceptors (Lipinski definition) is 4. The van der Waals surface area contributed by atoms with Gasteiger partial charge in [0.1, 0.15) is 0 Å². The van der Waals surface area contributed by atoms with Crippen molar-refractivity contribution in [3.05, 3.63) is 24.5 Å². The van der Waals surface area contributed by atoms with Crippen LogP contribution < -0.4 is 11.1 Å². The number of anilines is 1. The molecule has 2 heterocycles. The minimum absolute atomic E-state index is 0.120. The minimum atomic E-state index is -0.657. The normalized spacial score (nSPS) is 29.0. The summed E-state index contributed by atoms with van der Waals surface area (Å²) in [5, 5.41) is 2.79. The molecule has 0 bridgehead atoms. The summed E-state index contributed by atoms with van der Waals surface area (Å²) in [5.41, 5.74) is 5.88. The molecule has 1 amide bonds. The molecule has 5 heteroatoms. The lowest BCUT2D eigenvalue weighted by atomic mass is 9.85. The highest BCUT2D eigenvalue weighted by atomic mass is 16.5. The highest BCUT2D eigenvalue weighted by molar-refractivity contribution is 5.95. The average Bonchev–Trinajstić information content (AvgIpc) is 2.62. The van der Waals surface area contributed by atoms with Crippen molar-refractivity contribution in [2.75, 3.05) is 18.5 Å². The molecule has 0 spiro atoms. The molecule has 0 aromatic carbocycles. The van der Waals surface area contributed by atoms with Crippen LogP contribution in [0, 0.1) is 5.41 Å². The smallest absolute Gasteiger partial charge is 0.234 e. The molecule has 3 N–H and O–H groups in total. The zero-order valence-corrected chi connectivity index (χ0v) is 9.14. The number of ether oxygens (including phenoxy) is 1. The Labute approximate surface area is 94.0 Å². The van der Waals surface area contributed by atoms with Gasteiger partial charge in [0.25, 0.3) is 0 Å². The Morgan fingerprint density at radius 2 is 2.56 bits per heavy atom. The highest BCUT2D eigenvalue weighted by Gasteiger charge is 2.44. The molecule has 0 radical (unpaired) electrons. The SMILES string of the molecule is CC1(C(=O)Nc2cccnc2)COCC1N. The van der Waals surface area contributed by atoms with Gasteiger partial charge >= 0.3 is 0 Å². The molecule has 0 aliphatic carbocycles. The third kappa shape index (κ3) is 1.91. The van der Waals surface area contributed by atoms with Crippen molar-refractivity contribution >= 4 is 11.6 Å². The summed E-state index contributed by atoms with van der Waals surface area (Å²) in [6.07, 6.45) is 3.25. The maximum absolute atomic E-state index is 12.0. The maximum Gasteiger partial charge on any atom is 0.234 e.